The van der Waals surface area contributed by atoms with Gasteiger partial charge in [-0.3, -0.25) is 9.48 Å². The summed E-state index contributed by atoms with van der Waals surface area (Å²) in [6.07, 6.45) is 3.28. The van der Waals surface area contributed by atoms with Crippen molar-refractivity contribution in [3.05, 3.63) is 11.3 Å². The van der Waals surface area contributed by atoms with Crippen molar-refractivity contribution < 1.29 is 9.53 Å². The third kappa shape index (κ3) is 2.34. The molecule has 94 valence electrons. The van der Waals surface area contributed by atoms with Gasteiger partial charge in [0.25, 0.3) is 0 Å². The highest BCUT2D eigenvalue weighted by molar-refractivity contribution is 5.85. The smallest absolute Gasteiger partial charge is 0.155 e. The first-order valence-corrected chi connectivity index (χ1v) is 5.93. The van der Waals surface area contributed by atoms with Gasteiger partial charge in [-0.15, -0.1) is 0 Å². The zero-order valence-corrected chi connectivity index (χ0v) is 10.6. The van der Waals surface area contributed by atoms with E-state index in [1.165, 1.54) is 12.8 Å². The number of methoxy groups -OCH3 is 1. The minimum atomic E-state index is 0.540. The number of rotatable bonds is 6. The summed E-state index contributed by atoms with van der Waals surface area (Å²) in [6, 6.07) is 0.540. The molecule has 0 unspecified atom stereocenters. The molecule has 1 aromatic heterocycles. The number of aryl methyl sites for hydroxylation is 2. The Kier molecular flexibility index (Phi) is 3.47. The zero-order valence-electron chi connectivity index (χ0n) is 10.6. The quantitative estimate of drug-likeness (QED) is 0.696. The van der Waals surface area contributed by atoms with E-state index in [2.05, 4.69) is 10.00 Å². The third-order valence-corrected chi connectivity index (χ3v) is 3.15. The first-order chi connectivity index (χ1) is 8.19. The van der Waals surface area contributed by atoms with Crippen molar-refractivity contribution in [1.29, 1.82) is 0 Å². The van der Waals surface area contributed by atoms with Crippen LogP contribution in [0.5, 0.6) is 0 Å². The molecular weight excluding hydrogens is 218 g/mol. The maximum Gasteiger partial charge on any atom is 0.155 e. The van der Waals surface area contributed by atoms with E-state index in [1.54, 1.807) is 11.8 Å². The first-order valence-electron chi connectivity index (χ1n) is 5.93. The Balaban J connectivity index is 2.30. The molecule has 1 fully saturated rings. The van der Waals surface area contributed by atoms with Crippen molar-refractivity contribution in [3.63, 3.8) is 0 Å². The van der Waals surface area contributed by atoms with E-state index in [4.69, 9.17) is 4.74 Å². The summed E-state index contributed by atoms with van der Waals surface area (Å²) in [7, 11) is 3.58. The van der Waals surface area contributed by atoms with Crippen LogP contribution >= 0.6 is 0 Å². The first kappa shape index (κ1) is 12.1. The highest BCUT2D eigenvalue weighted by atomic mass is 16.5. The number of carbonyl (C=O) groups excluding carboxylic acids is 1. The van der Waals surface area contributed by atoms with Gasteiger partial charge in [0, 0.05) is 26.7 Å². The van der Waals surface area contributed by atoms with E-state index in [-0.39, 0.29) is 0 Å². The average Bonchev–Trinajstić information content (AvgIpc) is 3.07. The van der Waals surface area contributed by atoms with Crippen LogP contribution in [0.2, 0.25) is 0 Å². The molecular formula is C12H19N3O2. The summed E-state index contributed by atoms with van der Waals surface area (Å²) in [5.74, 6) is 0.928. The molecule has 1 aromatic rings. The van der Waals surface area contributed by atoms with Gasteiger partial charge in [0.05, 0.1) is 17.9 Å². The topological polar surface area (TPSA) is 47.4 Å². The number of nitrogens with zero attached hydrogens (tertiary/aromatic N) is 3. The van der Waals surface area contributed by atoms with Crippen LogP contribution in [-0.4, -0.2) is 42.4 Å². The van der Waals surface area contributed by atoms with E-state index in [0.29, 0.717) is 18.2 Å². The average molecular weight is 237 g/mol. The van der Waals surface area contributed by atoms with Gasteiger partial charge in [-0.1, -0.05) is 0 Å². The molecule has 0 aliphatic heterocycles. The predicted octanol–water partition coefficient (Wildman–Crippen LogP) is 1.16. The molecule has 1 aliphatic rings. The van der Waals surface area contributed by atoms with Crippen LogP contribution in [0, 0.1) is 6.92 Å². The van der Waals surface area contributed by atoms with Gasteiger partial charge in [0.1, 0.15) is 5.82 Å². The Morgan fingerprint density at radius 3 is 2.82 bits per heavy atom. The lowest BCUT2D eigenvalue weighted by Gasteiger charge is -2.24. The van der Waals surface area contributed by atoms with Crippen LogP contribution in [0.1, 0.15) is 28.9 Å². The predicted molar refractivity (Wildman–Crippen MR) is 65.6 cm³/mol. The normalized spacial score (nSPS) is 15.0. The van der Waals surface area contributed by atoms with E-state index in [0.717, 1.165) is 24.3 Å². The van der Waals surface area contributed by atoms with Gasteiger partial charge >= 0.3 is 0 Å². The summed E-state index contributed by atoms with van der Waals surface area (Å²) in [5, 5.41) is 4.32. The van der Waals surface area contributed by atoms with Crippen LogP contribution in [0.4, 0.5) is 5.82 Å². The largest absolute Gasteiger partial charge is 0.383 e. The van der Waals surface area contributed by atoms with Crippen LogP contribution in [0.25, 0.3) is 0 Å². The van der Waals surface area contributed by atoms with Crippen molar-refractivity contribution in [2.75, 3.05) is 25.2 Å². The number of hydrogen-bond donors (Lipinski definition) is 0. The fourth-order valence-corrected chi connectivity index (χ4v) is 2.18. The Morgan fingerprint density at radius 2 is 2.29 bits per heavy atom. The van der Waals surface area contributed by atoms with Gasteiger partial charge in [0.15, 0.2) is 6.29 Å². The lowest BCUT2D eigenvalue weighted by molar-refractivity contribution is 0.112. The molecule has 0 amide bonds. The highest BCUT2D eigenvalue weighted by Gasteiger charge is 2.32. The second kappa shape index (κ2) is 4.87. The molecule has 5 nitrogen and oxygen atoms in total. The number of anilines is 1. The number of aldehydes is 1. The number of hydrogen-bond acceptors (Lipinski definition) is 4. The molecule has 1 aliphatic carbocycles. The number of aromatic nitrogens is 2. The lowest BCUT2D eigenvalue weighted by atomic mass is 10.2. The van der Waals surface area contributed by atoms with Crippen molar-refractivity contribution in [1.82, 2.24) is 9.78 Å². The van der Waals surface area contributed by atoms with Crippen LogP contribution in [0.15, 0.2) is 0 Å². The number of carbonyl (C=O) groups is 1. The molecule has 0 radical (unpaired) electrons. The molecule has 17 heavy (non-hydrogen) atoms. The highest BCUT2D eigenvalue weighted by Crippen LogP contribution is 2.33. The van der Waals surface area contributed by atoms with Crippen molar-refractivity contribution in [3.8, 4) is 0 Å². The van der Waals surface area contributed by atoms with Gasteiger partial charge < -0.3 is 9.64 Å². The van der Waals surface area contributed by atoms with Crippen molar-refractivity contribution >= 4 is 12.1 Å². The van der Waals surface area contributed by atoms with Gasteiger partial charge in [0.2, 0.25) is 0 Å². The van der Waals surface area contributed by atoms with Crippen molar-refractivity contribution in [2.45, 2.75) is 25.8 Å². The molecule has 0 atom stereocenters. The maximum atomic E-state index is 11.2. The van der Waals surface area contributed by atoms with Gasteiger partial charge in [-0.25, -0.2) is 0 Å². The van der Waals surface area contributed by atoms with E-state index in [1.807, 2.05) is 14.0 Å². The summed E-state index contributed by atoms with van der Waals surface area (Å²) >= 11 is 0. The molecule has 0 spiro atoms. The Hall–Kier alpha value is -1.36. The van der Waals surface area contributed by atoms with E-state index < -0.39 is 0 Å². The van der Waals surface area contributed by atoms with E-state index >= 15 is 0 Å². The monoisotopic (exact) mass is 237 g/mol. The lowest BCUT2D eigenvalue weighted by Crippen LogP contribution is -2.32. The molecule has 1 saturated carbocycles. The third-order valence-electron chi connectivity index (χ3n) is 3.15. The Bertz CT molecular complexity index is 410. The summed E-state index contributed by atoms with van der Waals surface area (Å²) in [5.41, 5.74) is 1.50. The zero-order chi connectivity index (χ0) is 12.4. The fraction of sp³-hybridized carbons (Fsp3) is 0.667. The maximum absolute atomic E-state index is 11.2. The minimum absolute atomic E-state index is 0.540. The molecule has 1 heterocycles. The molecule has 0 N–H and O–H groups in total. The summed E-state index contributed by atoms with van der Waals surface area (Å²) in [6.45, 7) is 3.34. The second-order valence-electron chi connectivity index (χ2n) is 4.48. The van der Waals surface area contributed by atoms with Gasteiger partial charge in [-0.2, -0.15) is 5.10 Å². The van der Waals surface area contributed by atoms with Crippen LogP contribution in [-0.2, 0) is 11.8 Å². The molecule has 5 heteroatoms. The molecule has 0 aromatic carbocycles. The number of ether oxygens (including phenoxy) is 1. The SMILES string of the molecule is COCCN(c1c(C=O)c(C)nn1C)C1CC1. The fourth-order valence-electron chi connectivity index (χ4n) is 2.18. The van der Waals surface area contributed by atoms with Gasteiger partial charge in [-0.05, 0) is 19.8 Å². The molecule has 0 bridgehead atoms. The van der Waals surface area contributed by atoms with Crippen LogP contribution in [0.3, 0.4) is 0 Å². The molecule has 0 saturated heterocycles. The second-order valence-corrected chi connectivity index (χ2v) is 4.48. The minimum Gasteiger partial charge on any atom is -0.383 e. The Morgan fingerprint density at radius 1 is 1.59 bits per heavy atom. The van der Waals surface area contributed by atoms with Crippen molar-refractivity contribution in [2.24, 2.45) is 7.05 Å². The standard InChI is InChI=1S/C12H19N3O2/c1-9-11(8-16)12(14(2)13-9)15(6-7-17-3)10-4-5-10/h8,10H,4-7H2,1-3H3. The summed E-state index contributed by atoms with van der Waals surface area (Å²) < 4.78 is 6.93. The summed E-state index contributed by atoms with van der Waals surface area (Å²) in [4.78, 5) is 13.4. The molecule has 2 rings (SSSR count). The van der Waals surface area contributed by atoms with Crippen LogP contribution < -0.4 is 4.90 Å². The van der Waals surface area contributed by atoms with E-state index in [9.17, 15) is 4.79 Å². The Labute approximate surface area is 101 Å².